The fourth-order valence-corrected chi connectivity index (χ4v) is 2.36. The summed E-state index contributed by atoms with van der Waals surface area (Å²) < 4.78 is 11.7. The SMILES string of the molecule is Cc1ccc(C(C)C)c(OCCOc2ccccc2CN)c1. The highest BCUT2D eigenvalue weighted by atomic mass is 16.5. The van der Waals surface area contributed by atoms with Gasteiger partial charge in [-0.15, -0.1) is 0 Å². The zero-order valence-electron chi connectivity index (χ0n) is 13.6. The van der Waals surface area contributed by atoms with Gasteiger partial charge < -0.3 is 15.2 Å². The lowest BCUT2D eigenvalue weighted by atomic mass is 10.0. The molecule has 2 N–H and O–H groups in total. The molecule has 0 radical (unpaired) electrons. The molecule has 3 nitrogen and oxygen atoms in total. The van der Waals surface area contributed by atoms with Crippen LogP contribution in [0.15, 0.2) is 42.5 Å². The average Bonchev–Trinajstić information content (AvgIpc) is 2.51. The number of nitrogens with two attached hydrogens (primary N) is 1. The van der Waals surface area contributed by atoms with Gasteiger partial charge in [0.1, 0.15) is 24.7 Å². The summed E-state index contributed by atoms with van der Waals surface area (Å²) in [6.45, 7) is 7.92. The standard InChI is InChI=1S/C19H25NO2/c1-14(2)17-9-8-15(3)12-19(17)22-11-10-21-18-7-5-4-6-16(18)13-20/h4-9,12,14H,10-11,13,20H2,1-3H3. The van der Waals surface area contributed by atoms with Crippen LogP contribution in [0.2, 0.25) is 0 Å². The van der Waals surface area contributed by atoms with Crippen LogP contribution in [0.1, 0.15) is 36.5 Å². The van der Waals surface area contributed by atoms with E-state index in [0.717, 1.165) is 17.1 Å². The maximum Gasteiger partial charge on any atom is 0.123 e. The Kier molecular flexibility index (Phi) is 5.84. The molecule has 0 saturated heterocycles. The molecule has 0 saturated carbocycles. The molecule has 0 aromatic heterocycles. The summed E-state index contributed by atoms with van der Waals surface area (Å²) in [6, 6.07) is 14.2. The molecule has 0 aliphatic carbocycles. The predicted octanol–water partition coefficient (Wildman–Crippen LogP) is 4.03. The van der Waals surface area contributed by atoms with E-state index < -0.39 is 0 Å². The highest BCUT2D eigenvalue weighted by Crippen LogP contribution is 2.27. The summed E-state index contributed by atoms with van der Waals surface area (Å²) in [5, 5.41) is 0. The monoisotopic (exact) mass is 299 g/mol. The maximum absolute atomic E-state index is 5.92. The molecule has 0 unspecified atom stereocenters. The quantitative estimate of drug-likeness (QED) is 0.785. The minimum absolute atomic E-state index is 0.439. The normalized spacial score (nSPS) is 10.8. The lowest BCUT2D eigenvalue weighted by Crippen LogP contribution is -2.12. The summed E-state index contributed by atoms with van der Waals surface area (Å²) in [7, 11) is 0. The van der Waals surface area contributed by atoms with Crippen LogP contribution < -0.4 is 15.2 Å². The Balaban J connectivity index is 1.93. The van der Waals surface area contributed by atoms with E-state index in [4.69, 9.17) is 15.2 Å². The van der Waals surface area contributed by atoms with Crippen LogP contribution in [0, 0.1) is 6.92 Å². The van der Waals surface area contributed by atoms with Crippen molar-refractivity contribution in [3.63, 3.8) is 0 Å². The van der Waals surface area contributed by atoms with Crippen molar-refractivity contribution in [1.29, 1.82) is 0 Å². The lowest BCUT2D eigenvalue weighted by Gasteiger charge is -2.15. The second-order valence-corrected chi connectivity index (χ2v) is 5.70. The summed E-state index contributed by atoms with van der Waals surface area (Å²) in [6.07, 6.45) is 0. The minimum Gasteiger partial charge on any atom is -0.490 e. The first-order chi connectivity index (χ1) is 10.6. The Hall–Kier alpha value is -2.00. The van der Waals surface area contributed by atoms with Crippen molar-refractivity contribution in [1.82, 2.24) is 0 Å². The van der Waals surface area contributed by atoms with E-state index in [-0.39, 0.29) is 0 Å². The van der Waals surface area contributed by atoms with Crippen molar-refractivity contribution in [2.45, 2.75) is 33.2 Å². The molecule has 0 aliphatic heterocycles. The van der Waals surface area contributed by atoms with Crippen molar-refractivity contribution in [2.75, 3.05) is 13.2 Å². The molecule has 2 aromatic rings. The first-order valence-corrected chi connectivity index (χ1v) is 7.76. The highest BCUT2D eigenvalue weighted by molar-refractivity contribution is 5.39. The van der Waals surface area contributed by atoms with Gasteiger partial charge in [0, 0.05) is 12.1 Å². The van der Waals surface area contributed by atoms with Gasteiger partial charge in [-0.25, -0.2) is 0 Å². The van der Waals surface area contributed by atoms with Crippen molar-refractivity contribution >= 4 is 0 Å². The fraction of sp³-hybridized carbons (Fsp3) is 0.368. The summed E-state index contributed by atoms with van der Waals surface area (Å²) in [5.41, 5.74) is 9.15. The van der Waals surface area contributed by atoms with Gasteiger partial charge in [-0.3, -0.25) is 0 Å². The summed E-state index contributed by atoms with van der Waals surface area (Å²) in [5.74, 6) is 2.22. The molecule has 0 atom stereocenters. The van der Waals surface area contributed by atoms with Crippen molar-refractivity contribution in [2.24, 2.45) is 5.73 Å². The van der Waals surface area contributed by atoms with Gasteiger partial charge in [0.25, 0.3) is 0 Å². The van der Waals surface area contributed by atoms with Crippen molar-refractivity contribution in [3.8, 4) is 11.5 Å². The molecular weight excluding hydrogens is 274 g/mol. The fourth-order valence-electron chi connectivity index (χ4n) is 2.36. The summed E-state index contributed by atoms with van der Waals surface area (Å²) >= 11 is 0. The number of ether oxygens (including phenoxy) is 2. The minimum atomic E-state index is 0.439. The molecule has 0 spiro atoms. The number of benzene rings is 2. The Bertz CT molecular complexity index is 608. The van der Waals surface area contributed by atoms with Crippen LogP contribution in [0.25, 0.3) is 0 Å². The van der Waals surface area contributed by atoms with Gasteiger partial charge in [0.2, 0.25) is 0 Å². The third kappa shape index (κ3) is 4.25. The molecular formula is C19H25NO2. The number of rotatable bonds is 7. The van der Waals surface area contributed by atoms with Crippen LogP contribution in [0.3, 0.4) is 0 Å². The topological polar surface area (TPSA) is 44.5 Å². The number of hydrogen-bond acceptors (Lipinski definition) is 3. The zero-order chi connectivity index (χ0) is 15.9. The first-order valence-electron chi connectivity index (χ1n) is 7.76. The van der Waals surface area contributed by atoms with Gasteiger partial charge in [-0.05, 0) is 36.1 Å². The molecule has 118 valence electrons. The lowest BCUT2D eigenvalue weighted by molar-refractivity contribution is 0.214. The summed E-state index contributed by atoms with van der Waals surface area (Å²) in [4.78, 5) is 0. The number of aryl methyl sites for hydroxylation is 1. The maximum atomic E-state index is 5.92. The molecule has 3 heteroatoms. The Morgan fingerprint density at radius 3 is 2.32 bits per heavy atom. The van der Waals surface area contributed by atoms with Crippen LogP contribution in [0.4, 0.5) is 0 Å². The molecule has 0 amide bonds. The van der Waals surface area contributed by atoms with Crippen LogP contribution >= 0.6 is 0 Å². The van der Waals surface area contributed by atoms with E-state index in [2.05, 4.69) is 39.0 Å². The molecule has 22 heavy (non-hydrogen) atoms. The average molecular weight is 299 g/mol. The van der Waals surface area contributed by atoms with Gasteiger partial charge in [-0.1, -0.05) is 44.2 Å². The van der Waals surface area contributed by atoms with Gasteiger partial charge in [0.15, 0.2) is 0 Å². The van der Waals surface area contributed by atoms with Crippen LogP contribution in [0.5, 0.6) is 11.5 Å². The van der Waals surface area contributed by atoms with Gasteiger partial charge >= 0.3 is 0 Å². The van der Waals surface area contributed by atoms with Gasteiger partial charge in [0.05, 0.1) is 0 Å². The molecule has 2 aromatic carbocycles. The first kappa shape index (κ1) is 16.4. The van der Waals surface area contributed by atoms with E-state index in [0.29, 0.717) is 25.7 Å². The molecule has 2 rings (SSSR count). The van der Waals surface area contributed by atoms with Crippen molar-refractivity contribution < 1.29 is 9.47 Å². The van der Waals surface area contributed by atoms with E-state index in [9.17, 15) is 0 Å². The largest absolute Gasteiger partial charge is 0.490 e. The zero-order valence-corrected chi connectivity index (χ0v) is 13.6. The Labute approximate surface area is 133 Å². The smallest absolute Gasteiger partial charge is 0.123 e. The third-order valence-corrected chi connectivity index (χ3v) is 3.58. The van der Waals surface area contributed by atoms with E-state index in [1.165, 1.54) is 11.1 Å². The highest BCUT2D eigenvalue weighted by Gasteiger charge is 2.08. The van der Waals surface area contributed by atoms with Crippen LogP contribution in [-0.4, -0.2) is 13.2 Å². The van der Waals surface area contributed by atoms with E-state index >= 15 is 0 Å². The Morgan fingerprint density at radius 1 is 0.955 bits per heavy atom. The number of hydrogen-bond donors (Lipinski definition) is 1. The third-order valence-electron chi connectivity index (χ3n) is 3.58. The van der Waals surface area contributed by atoms with Gasteiger partial charge in [-0.2, -0.15) is 0 Å². The second-order valence-electron chi connectivity index (χ2n) is 5.70. The molecule has 0 aliphatic rings. The van der Waals surface area contributed by atoms with E-state index in [1.54, 1.807) is 0 Å². The molecule has 0 fully saturated rings. The predicted molar refractivity (Wildman–Crippen MR) is 90.6 cm³/mol. The number of para-hydroxylation sites is 1. The van der Waals surface area contributed by atoms with E-state index in [1.807, 2.05) is 24.3 Å². The molecule has 0 bridgehead atoms. The van der Waals surface area contributed by atoms with Crippen molar-refractivity contribution in [3.05, 3.63) is 59.2 Å². The molecule has 0 heterocycles. The Morgan fingerprint density at radius 2 is 1.64 bits per heavy atom. The van der Waals surface area contributed by atoms with Crippen LogP contribution in [-0.2, 0) is 6.54 Å². The second kappa shape index (κ2) is 7.85.